The van der Waals surface area contributed by atoms with Gasteiger partial charge in [0.25, 0.3) is 5.91 Å². The van der Waals surface area contributed by atoms with Gasteiger partial charge in [0.2, 0.25) is 5.88 Å². The molecule has 2 saturated heterocycles. The monoisotopic (exact) mass is 307 g/mol. The molecule has 2 fully saturated rings. The average Bonchev–Trinajstić information content (AvgIpc) is 3.04. The number of carbonyl (C=O) groups excluding carboxylic acids is 1. The highest BCUT2D eigenvalue weighted by atomic mass is 16.5. The minimum absolute atomic E-state index is 0.00948. The highest BCUT2D eigenvalue weighted by Crippen LogP contribution is 2.16. The lowest BCUT2D eigenvalue weighted by atomic mass is 10.1. The molecule has 0 spiro atoms. The first-order valence-corrected chi connectivity index (χ1v) is 7.48. The van der Waals surface area contributed by atoms with E-state index in [2.05, 4.69) is 15.2 Å². The number of amides is 1. The highest BCUT2D eigenvalue weighted by Gasteiger charge is 2.35. The lowest BCUT2D eigenvalue weighted by molar-refractivity contribution is 0.0108. The van der Waals surface area contributed by atoms with Crippen LogP contribution < -0.4 is 10.1 Å². The summed E-state index contributed by atoms with van der Waals surface area (Å²) in [6.07, 6.45) is 1.57. The van der Waals surface area contributed by atoms with Crippen molar-refractivity contribution >= 4 is 5.91 Å². The number of carbonyl (C=O) groups is 1. The lowest BCUT2D eigenvalue weighted by Gasteiger charge is -2.34. The van der Waals surface area contributed by atoms with E-state index in [1.807, 2.05) is 0 Å². The van der Waals surface area contributed by atoms with Gasteiger partial charge in [-0.2, -0.15) is 0 Å². The molecular formula is C15H21N3O4. The molecule has 0 bridgehead atoms. The summed E-state index contributed by atoms with van der Waals surface area (Å²) in [4.78, 5) is 18.7. The van der Waals surface area contributed by atoms with Crippen LogP contribution in [0.25, 0.3) is 0 Å². The molecular weight excluding hydrogens is 286 g/mol. The van der Waals surface area contributed by atoms with Gasteiger partial charge in [0.1, 0.15) is 0 Å². The molecule has 1 aromatic heterocycles. The summed E-state index contributed by atoms with van der Waals surface area (Å²) in [5, 5.41) is 3.06. The van der Waals surface area contributed by atoms with Crippen molar-refractivity contribution in [1.29, 1.82) is 0 Å². The van der Waals surface area contributed by atoms with Crippen molar-refractivity contribution in [1.82, 2.24) is 15.2 Å². The molecule has 1 N–H and O–H groups in total. The number of hydrogen-bond donors (Lipinski definition) is 1. The Morgan fingerprint density at radius 1 is 1.36 bits per heavy atom. The van der Waals surface area contributed by atoms with E-state index in [4.69, 9.17) is 14.2 Å². The minimum Gasteiger partial charge on any atom is -0.481 e. The van der Waals surface area contributed by atoms with Crippen LogP contribution in [0.5, 0.6) is 5.88 Å². The molecule has 0 aromatic carbocycles. The van der Waals surface area contributed by atoms with E-state index >= 15 is 0 Å². The Kier molecular flexibility index (Phi) is 4.87. The fraction of sp³-hybridized carbons (Fsp3) is 0.600. The van der Waals surface area contributed by atoms with Gasteiger partial charge in [-0.25, -0.2) is 4.98 Å². The maximum Gasteiger partial charge on any atom is 0.251 e. The molecule has 7 nitrogen and oxygen atoms in total. The van der Waals surface area contributed by atoms with Crippen molar-refractivity contribution in [2.24, 2.45) is 0 Å². The van der Waals surface area contributed by atoms with Crippen LogP contribution in [0.3, 0.4) is 0 Å². The van der Waals surface area contributed by atoms with Gasteiger partial charge in [-0.3, -0.25) is 9.69 Å². The molecule has 1 aromatic rings. The Hall–Kier alpha value is -1.70. The summed E-state index contributed by atoms with van der Waals surface area (Å²) in [5.74, 6) is 0.300. The Bertz CT molecular complexity index is 519. The standard InChI is InChI=1S/C15H21N3O4/c1-20-14-8-11(2-3-16-14)15(19)17-12-9-22-10-13(12)18-4-6-21-7-5-18/h2-3,8,12-13H,4-7,9-10H2,1H3,(H,17,19)/t12-,13-/m0/s1. The maximum absolute atomic E-state index is 12.4. The van der Waals surface area contributed by atoms with Crippen LogP contribution in [-0.2, 0) is 9.47 Å². The first-order valence-electron chi connectivity index (χ1n) is 7.48. The van der Waals surface area contributed by atoms with Crippen molar-refractivity contribution in [3.63, 3.8) is 0 Å². The molecule has 7 heteroatoms. The number of methoxy groups -OCH3 is 1. The number of nitrogens with one attached hydrogen (secondary N) is 1. The van der Waals surface area contributed by atoms with Crippen LogP contribution in [0, 0.1) is 0 Å². The van der Waals surface area contributed by atoms with Gasteiger partial charge in [0, 0.05) is 30.9 Å². The molecule has 22 heavy (non-hydrogen) atoms. The number of morpholine rings is 1. The van der Waals surface area contributed by atoms with Gasteiger partial charge in [0.15, 0.2) is 0 Å². The summed E-state index contributed by atoms with van der Waals surface area (Å²) >= 11 is 0. The van der Waals surface area contributed by atoms with Crippen molar-refractivity contribution in [2.45, 2.75) is 12.1 Å². The average molecular weight is 307 g/mol. The zero-order valence-corrected chi connectivity index (χ0v) is 12.7. The van der Waals surface area contributed by atoms with Crippen molar-refractivity contribution in [2.75, 3.05) is 46.6 Å². The number of pyridine rings is 1. The van der Waals surface area contributed by atoms with Crippen LogP contribution in [0.2, 0.25) is 0 Å². The summed E-state index contributed by atoms with van der Waals surface area (Å²) in [5.41, 5.74) is 0.541. The quantitative estimate of drug-likeness (QED) is 0.839. The van der Waals surface area contributed by atoms with Gasteiger partial charge in [-0.1, -0.05) is 0 Å². The molecule has 0 unspecified atom stereocenters. The first-order chi connectivity index (χ1) is 10.8. The Balaban J connectivity index is 1.64. The van der Waals surface area contributed by atoms with Crippen LogP contribution in [0.15, 0.2) is 18.3 Å². The third kappa shape index (κ3) is 3.37. The molecule has 120 valence electrons. The Morgan fingerprint density at radius 2 is 2.18 bits per heavy atom. The molecule has 0 saturated carbocycles. The summed E-state index contributed by atoms with van der Waals surface area (Å²) in [7, 11) is 1.53. The second-order valence-corrected chi connectivity index (χ2v) is 5.42. The summed E-state index contributed by atoms with van der Waals surface area (Å²) in [6.45, 7) is 4.41. The first kappa shape index (κ1) is 15.2. The number of nitrogens with zero attached hydrogens (tertiary/aromatic N) is 2. The second kappa shape index (κ2) is 7.04. The molecule has 2 atom stereocenters. The van der Waals surface area contributed by atoms with Crippen molar-refractivity contribution < 1.29 is 19.0 Å². The fourth-order valence-electron chi connectivity index (χ4n) is 2.86. The normalized spacial score (nSPS) is 25.9. The SMILES string of the molecule is COc1cc(C(=O)N[C@H]2COC[C@@H]2N2CCOCC2)ccn1. The molecule has 2 aliphatic heterocycles. The van der Waals surface area contributed by atoms with Crippen LogP contribution in [-0.4, -0.2) is 74.5 Å². The number of aromatic nitrogens is 1. The van der Waals surface area contributed by atoms with Gasteiger partial charge in [-0.05, 0) is 6.07 Å². The third-order valence-electron chi connectivity index (χ3n) is 4.09. The van der Waals surface area contributed by atoms with E-state index in [0.29, 0.717) is 24.7 Å². The summed E-state index contributed by atoms with van der Waals surface area (Å²) < 4.78 is 16.0. The van der Waals surface area contributed by atoms with Crippen LogP contribution >= 0.6 is 0 Å². The zero-order chi connectivity index (χ0) is 15.4. The smallest absolute Gasteiger partial charge is 0.251 e. The van der Waals surface area contributed by atoms with E-state index in [0.717, 1.165) is 26.3 Å². The fourth-order valence-corrected chi connectivity index (χ4v) is 2.86. The zero-order valence-electron chi connectivity index (χ0n) is 12.7. The topological polar surface area (TPSA) is 72.9 Å². The van der Waals surface area contributed by atoms with Gasteiger partial charge in [0.05, 0.1) is 45.6 Å². The maximum atomic E-state index is 12.4. The van der Waals surface area contributed by atoms with E-state index in [1.165, 1.54) is 7.11 Å². The van der Waals surface area contributed by atoms with E-state index < -0.39 is 0 Å². The number of ether oxygens (including phenoxy) is 3. The van der Waals surface area contributed by atoms with Crippen molar-refractivity contribution in [3.05, 3.63) is 23.9 Å². The van der Waals surface area contributed by atoms with Gasteiger partial charge < -0.3 is 19.5 Å². The lowest BCUT2D eigenvalue weighted by Crippen LogP contribution is -2.54. The van der Waals surface area contributed by atoms with E-state index in [-0.39, 0.29) is 18.0 Å². The Labute approximate surface area is 129 Å². The van der Waals surface area contributed by atoms with Crippen LogP contribution in [0.4, 0.5) is 0 Å². The second-order valence-electron chi connectivity index (χ2n) is 5.42. The molecule has 2 aliphatic rings. The Morgan fingerprint density at radius 3 is 2.95 bits per heavy atom. The number of hydrogen-bond acceptors (Lipinski definition) is 6. The highest BCUT2D eigenvalue weighted by molar-refractivity contribution is 5.94. The van der Waals surface area contributed by atoms with Gasteiger partial charge >= 0.3 is 0 Å². The van der Waals surface area contributed by atoms with Crippen molar-refractivity contribution in [3.8, 4) is 5.88 Å². The van der Waals surface area contributed by atoms with E-state index in [1.54, 1.807) is 18.3 Å². The minimum atomic E-state index is -0.130. The van der Waals surface area contributed by atoms with E-state index in [9.17, 15) is 4.79 Å². The summed E-state index contributed by atoms with van der Waals surface area (Å²) in [6, 6.07) is 3.51. The third-order valence-corrected chi connectivity index (χ3v) is 4.09. The molecule has 0 radical (unpaired) electrons. The molecule has 1 amide bonds. The molecule has 3 rings (SSSR count). The number of rotatable bonds is 4. The van der Waals surface area contributed by atoms with Gasteiger partial charge in [-0.15, -0.1) is 0 Å². The predicted molar refractivity (Wildman–Crippen MR) is 79.0 cm³/mol. The predicted octanol–water partition coefficient (Wildman–Crippen LogP) is -0.0804. The molecule has 3 heterocycles. The van der Waals surface area contributed by atoms with Crippen LogP contribution in [0.1, 0.15) is 10.4 Å². The molecule has 0 aliphatic carbocycles. The largest absolute Gasteiger partial charge is 0.481 e.